The summed E-state index contributed by atoms with van der Waals surface area (Å²) in [5.74, 6) is 0.717. The van der Waals surface area contributed by atoms with E-state index in [-0.39, 0.29) is 6.42 Å². The molecule has 2 heterocycles. The second kappa shape index (κ2) is 8.50. The van der Waals surface area contributed by atoms with Crippen LogP contribution in [0.1, 0.15) is 55.7 Å². The number of aliphatic carboxylic acids is 1. The maximum atomic E-state index is 11.0. The Morgan fingerprint density at radius 2 is 2.19 bits per heavy atom. The van der Waals surface area contributed by atoms with E-state index in [0.29, 0.717) is 22.7 Å². The molecular formula is C19H23BN2O5. The number of rotatable bonds is 8. The SMILES string of the molecule is CCCCCc1nccc(Oc2cc(C)c3c(c2)B(O)OC3CC(=O)O)n1. The number of carbonyl (C=O) groups is 1. The third-order valence-corrected chi connectivity index (χ3v) is 4.54. The molecule has 27 heavy (non-hydrogen) atoms. The highest BCUT2D eigenvalue weighted by molar-refractivity contribution is 6.62. The van der Waals surface area contributed by atoms with Crippen LogP contribution in [0.2, 0.25) is 0 Å². The van der Waals surface area contributed by atoms with Crippen molar-refractivity contribution in [2.24, 2.45) is 0 Å². The predicted octanol–water partition coefficient (Wildman–Crippen LogP) is 2.54. The molecule has 1 aromatic carbocycles. The van der Waals surface area contributed by atoms with Crippen LogP contribution in [0.25, 0.3) is 0 Å². The molecule has 1 aromatic heterocycles. The molecule has 0 amide bonds. The second-order valence-electron chi connectivity index (χ2n) is 6.69. The van der Waals surface area contributed by atoms with Crippen molar-refractivity contribution in [3.63, 3.8) is 0 Å². The Morgan fingerprint density at radius 3 is 2.93 bits per heavy atom. The lowest BCUT2D eigenvalue weighted by Crippen LogP contribution is -2.28. The molecule has 0 aliphatic carbocycles. The molecule has 0 saturated heterocycles. The van der Waals surface area contributed by atoms with Gasteiger partial charge in [-0.1, -0.05) is 19.8 Å². The minimum atomic E-state index is -1.17. The first-order valence-electron chi connectivity index (χ1n) is 9.17. The van der Waals surface area contributed by atoms with E-state index in [9.17, 15) is 9.82 Å². The molecule has 7 nitrogen and oxygen atoms in total. The fraction of sp³-hybridized carbons (Fsp3) is 0.421. The fourth-order valence-electron chi connectivity index (χ4n) is 3.31. The minimum absolute atomic E-state index is 0.196. The summed E-state index contributed by atoms with van der Waals surface area (Å²) >= 11 is 0. The molecule has 0 radical (unpaired) electrons. The first-order valence-corrected chi connectivity index (χ1v) is 9.17. The van der Waals surface area contributed by atoms with Crippen LogP contribution in [-0.2, 0) is 15.9 Å². The monoisotopic (exact) mass is 370 g/mol. The molecule has 2 N–H and O–H groups in total. The number of ether oxygens (including phenoxy) is 1. The van der Waals surface area contributed by atoms with Crippen molar-refractivity contribution >= 4 is 18.6 Å². The maximum absolute atomic E-state index is 11.0. The number of carboxylic acid groups (broad SMARTS) is 1. The number of carboxylic acids is 1. The molecular weight excluding hydrogens is 347 g/mol. The van der Waals surface area contributed by atoms with E-state index < -0.39 is 19.2 Å². The van der Waals surface area contributed by atoms with E-state index in [1.54, 1.807) is 24.4 Å². The van der Waals surface area contributed by atoms with Gasteiger partial charge in [0.05, 0.1) is 12.5 Å². The number of fused-ring (bicyclic) bond motifs is 1. The molecule has 8 heteroatoms. The predicted molar refractivity (Wildman–Crippen MR) is 100 cm³/mol. The van der Waals surface area contributed by atoms with E-state index in [1.165, 1.54) is 0 Å². The zero-order valence-electron chi connectivity index (χ0n) is 15.5. The van der Waals surface area contributed by atoms with Crippen molar-refractivity contribution < 1.29 is 24.3 Å². The van der Waals surface area contributed by atoms with Crippen molar-refractivity contribution in [2.45, 2.75) is 52.1 Å². The van der Waals surface area contributed by atoms with E-state index in [0.717, 1.165) is 37.1 Å². The van der Waals surface area contributed by atoms with E-state index in [4.69, 9.17) is 14.5 Å². The van der Waals surface area contributed by atoms with Crippen molar-refractivity contribution in [1.82, 2.24) is 9.97 Å². The van der Waals surface area contributed by atoms with Gasteiger partial charge in [0.2, 0.25) is 5.88 Å². The van der Waals surface area contributed by atoms with Crippen molar-refractivity contribution in [3.05, 3.63) is 41.3 Å². The van der Waals surface area contributed by atoms with Gasteiger partial charge in [-0.15, -0.1) is 0 Å². The largest absolute Gasteiger partial charge is 0.492 e. The van der Waals surface area contributed by atoms with Crippen LogP contribution in [0, 0.1) is 6.92 Å². The van der Waals surface area contributed by atoms with Gasteiger partial charge >= 0.3 is 13.1 Å². The summed E-state index contributed by atoms with van der Waals surface area (Å²) in [5, 5.41) is 19.2. The van der Waals surface area contributed by atoms with E-state index in [2.05, 4.69) is 16.9 Å². The first-order chi connectivity index (χ1) is 13.0. The van der Waals surface area contributed by atoms with Gasteiger partial charge in [-0.25, -0.2) is 4.98 Å². The molecule has 1 atom stereocenters. The molecule has 1 aliphatic heterocycles. The number of hydrogen-bond donors (Lipinski definition) is 2. The zero-order valence-corrected chi connectivity index (χ0v) is 15.5. The van der Waals surface area contributed by atoms with Crippen molar-refractivity contribution in [1.29, 1.82) is 0 Å². The van der Waals surface area contributed by atoms with E-state index >= 15 is 0 Å². The normalized spacial score (nSPS) is 15.7. The number of aromatic nitrogens is 2. The van der Waals surface area contributed by atoms with Gasteiger partial charge in [0.25, 0.3) is 0 Å². The number of nitrogens with zero attached hydrogens (tertiary/aromatic N) is 2. The summed E-state index contributed by atoms with van der Waals surface area (Å²) in [6, 6.07) is 5.16. The standard InChI is InChI=1S/C19H23BN2O5/c1-3-4-5-6-16-21-8-7-17(22-16)26-13-9-12(2)19-14(10-13)20(25)27-15(19)11-18(23)24/h7-10,15,25H,3-6,11H2,1-2H3,(H,23,24). The lowest BCUT2D eigenvalue weighted by molar-refractivity contribution is -0.138. The average Bonchev–Trinajstić information content (AvgIpc) is 2.91. The van der Waals surface area contributed by atoms with Crippen LogP contribution in [0.5, 0.6) is 11.6 Å². The van der Waals surface area contributed by atoms with Gasteiger partial charge in [-0.2, -0.15) is 4.98 Å². The van der Waals surface area contributed by atoms with Crippen LogP contribution in [0.3, 0.4) is 0 Å². The lowest BCUT2D eigenvalue weighted by Gasteiger charge is -2.13. The molecule has 0 fully saturated rings. The van der Waals surface area contributed by atoms with Crippen LogP contribution in [0.4, 0.5) is 0 Å². The van der Waals surface area contributed by atoms with Crippen LogP contribution in [-0.4, -0.2) is 33.2 Å². The number of unbranched alkanes of at least 4 members (excludes halogenated alkanes) is 2. The third-order valence-electron chi connectivity index (χ3n) is 4.54. The van der Waals surface area contributed by atoms with Gasteiger partial charge in [-0.05, 0) is 42.1 Å². The average molecular weight is 370 g/mol. The smallest absolute Gasteiger partial charge is 0.481 e. The second-order valence-corrected chi connectivity index (χ2v) is 6.69. The highest BCUT2D eigenvalue weighted by atomic mass is 16.5. The summed E-state index contributed by atoms with van der Waals surface area (Å²) in [5.41, 5.74) is 2.05. The molecule has 0 saturated carbocycles. The third kappa shape index (κ3) is 4.64. The van der Waals surface area contributed by atoms with Gasteiger partial charge < -0.3 is 19.5 Å². The quantitative estimate of drug-likeness (QED) is 0.544. The van der Waals surface area contributed by atoms with Gasteiger partial charge in [0.1, 0.15) is 11.6 Å². The Labute approximate surface area is 158 Å². The van der Waals surface area contributed by atoms with Crippen LogP contribution in [0.15, 0.2) is 24.4 Å². The van der Waals surface area contributed by atoms with Gasteiger partial charge in [-0.3, -0.25) is 4.79 Å². The van der Waals surface area contributed by atoms with Crippen LogP contribution < -0.4 is 10.2 Å². The maximum Gasteiger partial charge on any atom is 0.492 e. The Bertz CT molecular complexity index is 830. The summed E-state index contributed by atoms with van der Waals surface area (Å²) in [7, 11) is -1.17. The summed E-state index contributed by atoms with van der Waals surface area (Å²) in [6.45, 7) is 3.99. The minimum Gasteiger partial charge on any atom is -0.481 e. The first kappa shape index (κ1) is 19.3. The van der Waals surface area contributed by atoms with Crippen LogP contribution >= 0.6 is 0 Å². The molecule has 1 aliphatic rings. The van der Waals surface area contributed by atoms with E-state index in [1.807, 2.05) is 6.92 Å². The Morgan fingerprint density at radius 1 is 1.37 bits per heavy atom. The van der Waals surface area contributed by atoms with Gasteiger partial charge in [0.15, 0.2) is 0 Å². The number of hydrogen-bond acceptors (Lipinski definition) is 6. The highest BCUT2D eigenvalue weighted by Gasteiger charge is 2.37. The van der Waals surface area contributed by atoms with Crippen molar-refractivity contribution in [2.75, 3.05) is 0 Å². The fourth-order valence-corrected chi connectivity index (χ4v) is 3.31. The summed E-state index contributed by atoms with van der Waals surface area (Å²) in [4.78, 5) is 19.7. The molecule has 1 unspecified atom stereocenters. The number of benzene rings is 1. The molecule has 0 spiro atoms. The zero-order chi connectivity index (χ0) is 19.4. The Hall–Kier alpha value is -2.45. The molecule has 2 aromatic rings. The Kier molecular flexibility index (Phi) is 6.08. The van der Waals surface area contributed by atoms with Crippen molar-refractivity contribution in [3.8, 4) is 11.6 Å². The summed E-state index contributed by atoms with van der Waals surface area (Å²) < 4.78 is 11.3. The lowest BCUT2D eigenvalue weighted by atomic mass is 9.77. The van der Waals surface area contributed by atoms with Gasteiger partial charge in [0, 0.05) is 18.7 Å². The number of aryl methyl sites for hydroxylation is 2. The highest BCUT2D eigenvalue weighted by Crippen LogP contribution is 2.32. The molecule has 3 rings (SSSR count). The molecule has 0 bridgehead atoms. The topological polar surface area (TPSA) is 102 Å². The Balaban J connectivity index is 1.79. The summed E-state index contributed by atoms with van der Waals surface area (Å²) in [6.07, 6.45) is 4.92. The molecule has 142 valence electrons.